The van der Waals surface area contributed by atoms with Gasteiger partial charge in [0.15, 0.2) is 12.4 Å². The lowest BCUT2D eigenvalue weighted by molar-refractivity contribution is -0.385. The Balaban J connectivity index is 2.04. The number of nitrogens with zero attached hydrogens (tertiary/aromatic N) is 1. The molecule has 0 radical (unpaired) electrons. The Kier molecular flexibility index (Phi) is 5.59. The number of nitrogens with one attached hydrogen (secondary N) is 1. The van der Waals surface area contributed by atoms with Crippen LogP contribution in [-0.2, 0) is 4.79 Å². The number of benzene rings is 2. The van der Waals surface area contributed by atoms with E-state index in [-0.39, 0.29) is 24.0 Å². The quantitative estimate of drug-likeness (QED) is 0.496. The zero-order valence-corrected chi connectivity index (χ0v) is 13.6. The monoisotopic (exact) mass is 332 g/mol. The molecular weight excluding hydrogens is 316 g/mol. The van der Waals surface area contributed by atoms with Crippen LogP contribution in [-0.4, -0.2) is 23.7 Å². The van der Waals surface area contributed by atoms with Gasteiger partial charge in [-0.05, 0) is 36.9 Å². The number of hydrogen-bond acceptors (Lipinski definition) is 5. The van der Waals surface area contributed by atoms with Gasteiger partial charge in [0.1, 0.15) is 0 Å². The summed E-state index contributed by atoms with van der Waals surface area (Å²) in [6, 6.07) is 12.0. The number of carbonyl (C=O) groups is 1. The Labute approximate surface area is 138 Å². The first-order chi connectivity index (χ1) is 11.0. The van der Waals surface area contributed by atoms with Gasteiger partial charge in [0.05, 0.1) is 10.6 Å². The number of ether oxygens (including phenoxy) is 1. The molecular formula is C16H16N2O4S. The van der Waals surface area contributed by atoms with Crippen LogP contribution >= 0.6 is 11.8 Å². The Hall–Kier alpha value is -2.54. The number of carbonyl (C=O) groups excluding carboxylic acids is 1. The molecule has 2 rings (SSSR count). The van der Waals surface area contributed by atoms with Crippen LogP contribution in [0.3, 0.4) is 0 Å². The smallest absolute Gasteiger partial charge is 0.311 e. The highest BCUT2D eigenvalue weighted by Crippen LogP contribution is 2.28. The van der Waals surface area contributed by atoms with Crippen molar-refractivity contribution in [2.75, 3.05) is 18.2 Å². The van der Waals surface area contributed by atoms with Gasteiger partial charge in [-0.15, -0.1) is 11.8 Å². The Morgan fingerprint density at radius 3 is 2.74 bits per heavy atom. The molecule has 0 bridgehead atoms. The summed E-state index contributed by atoms with van der Waals surface area (Å²) in [7, 11) is 0. The lowest BCUT2D eigenvalue weighted by Crippen LogP contribution is -2.20. The lowest BCUT2D eigenvalue weighted by atomic mass is 10.2. The molecule has 6 nitrogen and oxygen atoms in total. The number of para-hydroxylation sites is 1. The fourth-order valence-electron chi connectivity index (χ4n) is 1.97. The van der Waals surface area contributed by atoms with Crippen molar-refractivity contribution in [3.05, 3.63) is 58.1 Å². The minimum atomic E-state index is -0.525. The fraction of sp³-hybridized carbons (Fsp3) is 0.188. The van der Waals surface area contributed by atoms with Crippen LogP contribution in [0.2, 0.25) is 0 Å². The molecule has 7 heteroatoms. The van der Waals surface area contributed by atoms with E-state index >= 15 is 0 Å². The van der Waals surface area contributed by atoms with E-state index in [1.807, 2.05) is 24.5 Å². The van der Waals surface area contributed by atoms with Crippen molar-refractivity contribution in [3.8, 4) is 5.75 Å². The molecule has 0 aromatic heterocycles. The van der Waals surface area contributed by atoms with E-state index in [0.29, 0.717) is 5.69 Å². The molecule has 0 spiro atoms. The Bertz CT molecular complexity index is 734. The molecule has 0 aliphatic carbocycles. The second-order valence-corrected chi connectivity index (χ2v) is 5.61. The van der Waals surface area contributed by atoms with Gasteiger partial charge < -0.3 is 10.1 Å². The van der Waals surface area contributed by atoms with Gasteiger partial charge in [-0.2, -0.15) is 0 Å². The van der Waals surface area contributed by atoms with Crippen molar-refractivity contribution in [1.29, 1.82) is 0 Å². The normalized spacial score (nSPS) is 10.2. The molecule has 0 aliphatic heterocycles. The van der Waals surface area contributed by atoms with Crippen LogP contribution in [0.15, 0.2) is 47.4 Å². The average molecular weight is 332 g/mol. The SMILES string of the molecule is CSc1ccccc1NC(=O)COc1ccc(C)cc1[N+](=O)[O-]. The Morgan fingerprint density at radius 2 is 2.04 bits per heavy atom. The first kappa shape index (κ1) is 16.8. The molecule has 23 heavy (non-hydrogen) atoms. The van der Waals surface area contributed by atoms with Crippen LogP contribution in [0.1, 0.15) is 5.56 Å². The van der Waals surface area contributed by atoms with E-state index in [1.165, 1.54) is 23.9 Å². The van der Waals surface area contributed by atoms with Gasteiger partial charge in [0, 0.05) is 11.0 Å². The van der Waals surface area contributed by atoms with E-state index in [2.05, 4.69) is 5.32 Å². The van der Waals surface area contributed by atoms with Crippen molar-refractivity contribution >= 4 is 29.0 Å². The van der Waals surface area contributed by atoms with Crippen molar-refractivity contribution in [3.63, 3.8) is 0 Å². The molecule has 0 atom stereocenters. The predicted molar refractivity (Wildman–Crippen MR) is 90.2 cm³/mol. The third-order valence-electron chi connectivity index (χ3n) is 3.05. The summed E-state index contributed by atoms with van der Waals surface area (Å²) >= 11 is 1.51. The number of nitro groups is 1. The highest BCUT2D eigenvalue weighted by Gasteiger charge is 2.16. The van der Waals surface area contributed by atoms with Gasteiger partial charge in [-0.1, -0.05) is 18.2 Å². The number of rotatable bonds is 6. The second-order valence-electron chi connectivity index (χ2n) is 4.77. The standard InChI is InChI=1S/C16H16N2O4S/c1-11-7-8-14(13(9-11)18(20)21)22-10-16(19)17-12-5-3-4-6-15(12)23-2/h3-9H,10H2,1-2H3,(H,17,19). The van der Waals surface area contributed by atoms with Gasteiger partial charge >= 0.3 is 5.69 Å². The maximum Gasteiger partial charge on any atom is 0.311 e. The van der Waals surface area contributed by atoms with Crippen molar-refractivity contribution in [2.24, 2.45) is 0 Å². The largest absolute Gasteiger partial charge is 0.477 e. The molecule has 2 aromatic carbocycles. The number of aryl methyl sites for hydroxylation is 1. The highest BCUT2D eigenvalue weighted by molar-refractivity contribution is 7.98. The van der Waals surface area contributed by atoms with Gasteiger partial charge in [-0.25, -0.2) is 0 Å². The number of amides is 1. The third kappa shape index (κ3) is 4.46. The number of nitro benzene ring substituents is 1. The second kappa shape index (κ2) is 7.64. The summed E-state index contributed by atoms with van der Waals surface area (Å²) in [5.74, 6) is -0.296. The van der Waals surface area contributed by atoms with Gasteiger partial charge in [0.25, 0.3) is 5.91 Å². The van der Waals surface area contributed by atoms with Crippen molar-refractivity contribution < 1.29 is 14.5 Å². The maximum absolute atomic E-state index is 12.0. The molecule has 0 saturated heterocycles. The molecule has 0 aliphatic rings. The van der Waals surface area contributed by atoms with Crippen LogP contribution in [0, 0.1) is 17.0 Å². The molecule has 2 aromatic rings. The summed E-state index contributed by atoms with van der Waals surface area (Å²) in [6.45, 7) is 1.45. The molecule has 0 fully saturated rings. The summed E-state index contributed by atoms with van der Waals surface area (Å²) in [5.41, 5.74) is 1.29. The van der Waals surface area contributed by atoms with Crippen molar-refractivity contribution in [2.45, 2.75) is 11.8 Å². The molecule has 0 saturated carbocycles. The lowest BCUT2D eigenvalue weighted by Gasteiger charge is -2.10. The fourth-order valence-corrected chi connectivity index (χ4v) is 2.52. The average Bonchev–Trinajstić information content (AvgIpc) is 2.54. The summed E-state index contributed by atoms with van der Waals surface area (Å²) in [4.78, 5) is 23.4. The molecule has 1 amide bonds. The Morgan fingerprint density at radius 1 is 1.30 bits per heavy atom. The first-order valence-corrected chi connectivity index (χ1v) is 8.04. The van der Waals surface area contributed by atoms with E-state index in [4.69, 9.17) is 4.74 Å². The van der Waals surface area contributed by atoms with E-state index in [1.54, 1.807) is 19.1 Å². The molecule has 0 heterocycles. The zero-order chi connectivity index (χ0) is 16.8. The molecule has 120 valence electrons. The van der Waals surface area contributed by atoms with E-state index in [9.17, 15) is 14.9 Å². The van der Waals surface area contributed by atoms with Crippen molar-refractivity contribution in [1.82, 2.24) is 0 Å². The van der Waals surface area contributed by atoms with Crippen LogP contribution < -0.4 is 10.1 Å². The van der Waals surface area contributed by atoms with Gasteiger partial charge in [-0.3, -0.25) is 14.9 Å². The van der Waals surface area contributed by atoms with Gasteiger partial charge in [0.2, 0.25) is 0 Å². The van der Waals surface area contributed by atoms with Crippen LogP contribution in [0.5, 0.6) is 5.75 Å². The zero-order valence-electron chi connectivity index (χ0n) is 12.7. The molecule has 0 unspecified atom stereocenters. The minimum Gasteiger partial charge on any atom is -0.477 e. The number of thioether (sulfide) groups is 1. The summed E-state index contributed by atoms with van der Waals surface area (Å²) in [5, 5.41) is 13.8. The van der Waals surface area contributed by atoms with Crippen LogP contribution in [0.25, 0.3) is 0 Å². The highest BCUT2D eigenvalue weighted by atomic mass is 32.2. The predicted octanol–water partition coefficient (Wildman–Crippen LogP) is 3.64. The van der Waals surface area contributed by atoms with Crippen LogP contribution in [0.4, 0.5) is 11.4 Å². The topological polar surface area (TPSA) is 81.5 Å². The van der Waals surface area contributed by atoms with E-state index < -0.39 is 4.92 Å². The number of anilines is 1. The third-order valence-corrected chi connectivity index (χ3v) is 3.85. The number of hydrogen-bond donors (Lipinski definition) is 1. The maximum atomic E-state index is 12.0. The summed E-state index contributed by atoms with van der Waals surface area (Å²) < 4.78 is 5.30. The summed E-state index contributed by atoms with van der Waals surface area (Å²) in [6.07, 6.45) is 1.91. The first-order valence-electron chi connectivity index (χ1n) is 6.82. The molecule has 1 N–H and O–H groups in total. The minimum absolute atomic E-state index is 0.0777. The van der Waals surface area contributed by atoms with E-state index in [0.717, 1.165) is 10.5 Å².